The number of aryl methyl sites for hydroxylation is 1. The van der Waals surface area contributed by atoms with Crippen molar-refractivity contribution in [2.24, 2.45) is 0 Å². The first-order valence-corrected chi connectivity index (χ1v) is 12.0. The zero-order valence-corrected chi connectivity index (χ0v) is 18.3. The van der Waals surface area contributed by atoms with Crippen molar-refractivity contribution in [3.05, 3.63) is 18.0 Å². The predicted octanol–water partition coefficient (Wildman–Crippen LogP) is 0.761. The van der Waals surface area contributed by atoms with Gasteiger partial charge in [-0.15, -0.1) is 0 Å². The molecule has 4 rings (SSSR count). The molecule has 0 bridgehead atoms. The number of aliphatic hydroxyl groups is 1. The first-order chi connectivity index (χ1) is 14.1. The van der Waals surface area contributed by atoms with E-state index in [1.54, 1.807) is 6.20 Å². The number of anilines is 1. The highest BCUT2D eigenvalue weighted by Crippen LogP contribution is 2.30. The summed E-state index contributed by atoms with van der Waals surface area (Å²) in [5.41, 5.74) is 1.71. The Labute approximate surface area is 175 Å². The smallest absolute Gasteiger partial charge is 0.224 e. The van der Waals surface area contributed by atoms with Crippen molar-refractivity contribution in [3.8, 4) is 0 Å². The normalized spacial score (nSPS) is 29.4. The number of likely N-dealkylation sites (N-methyl/N-ethyl adjacent to an activating group) is 1. The zero-order valence-electron chi connectivity index (χ0n) is 17.5. The highest BCUT2D eigenvalue weighted by Gasteiger charge is 2.34. The van der Waals surface area contributed by atoms with Crippen LogP contribution in [0.3, 0.4) is 0 Å². The number of aromatic nitrogens is 3. The monoisotopic (exact) mass is 440 g/mol. The van der Waals surface area contributed by atoms with E-state index < -0.39 is 28.3 Å². The minimum absolute atomic E-state index is 0.0756. The third kappa shape index (κ3) is 4.16. The molecule has 4 heterocycles. The van der Waals surface area contributed by atoms with Gasteiger partial charge in [0.05, 0.1) is 24.4 Å². The Balaban J connectivity index is 1.57. The molecule has 30 heavy (non-hydrogen) atoms. The minimum Gasteiger partial charge on any atom is -0.390 e. The van der Waals surface area contributed by atoms with Gasteiger partial charge in [0.15, 0.2) is 0 Å². The van der Waals surface area contributed by atoms with Crippen LogP contribution in [0.15, 0.2) is 12.3 Å². The molecule has 2 N–H and O–H groups in total. The van der Waals surface area contributed by atoms with E-state index in [9.17, 15) is 17.9 Å². The molecule has 2 aliphatic rings. The van der Waals surface area contributed by atoms with Gasteiger partial charge in [0, 0.05) is 43.5 Å². The van der Waals surface area contributed by atoms with Crippen molar-refractivity contribution in [1.82, 2.24) is 23.7 Å². The Morgan fingerprint density at radius 2 is 2.03 bits per heavy atom. The van der Waals surface area contributed by atoms with E-state index in [0.29, 0.717) is 24.6 Å². The van der Waals surface area contributed by atoms with Crippen LogP contribution in [-0.4, -0.2) is 95.1 Å². The lowest BCUT2D eigenvalue weighted by molar-refractivity contribution is 0.0388. The van der Waals surface area contributed by atoms with Crippen LogP contribution in [0.1, 0.15) is 24.6 Å². The third-order valence-electron chi connectivity index (χ3n) is 6.14. The molecule has 2 fully saturated rings. The summed E-state index contributed by atoms with van der Waals surface area (Å²) >= 11 is 0. The Morgan fingerprint density at radius 1 is 1.27 bits per heavy atom. The van der Waals surface area contributed by atoms with Crippen LogP contribution < -0.4 is 5.32 Å². The van der Waals surface area contributed by atoms with Crippen LogP contribution in [0.5, 0.6) is 0 Å². The van der Waals surface area contributed by atoms with Gasteiger partial charge in [0.25, 0.3) is 0 Å². The van der Waals surface area contributed by atoms with Gasteiger partial charge in [-0.3, -0.25) is 0 Å². The van der Waals surface area contributed by atoms with E-state index in [2.05, 4.69) is 24.8 Å². The Kier molecular flexibility index (Phi) is 5.73. The molecule has 0 saturated carbocycles. The number of fused-ring (bicyclic) bond motifs is 1. The van der Waals surface area contributed by atoms with Crippen LogP contribution in [0.2, 0.25) is 0 Å². The van der Waals surface area contributed by atoms with Gasteiger partial charge in [-0.1, -0.05) is 0 Å². The van der Waals surface area contributed by atoms with Gasteiger partial charge in [0.2, 0.25) is 16.0 Å². The maximum absolute atomic E-state index is 14.6. The van der Waals surface area contributed by atoms with Crippen LogP contribution >= 0.6 is 0 Å². The van der Waals surface area contributed by atoms with Crippen molar-refractivity contribution < 1.29 is 17.9 Å². The van der Waals surface area contributed by atoms with Gasteiger partial charge in [-0.2, -0.15) is 9.29 Å². The second-order valence-electron chi connectivity index (χ2n) is 8.49. The summed E-state index contributed by atoms with van der Waals surface area (Å²) in [6.45, 7) is 3.56. The number of likely N-dealkylation sites (tertiary alicyclic amines) is 1. The topological polar surface area (TPSA) is 104 Å². The molecule has 166 valence electrons. The summed E-state index contributed by atoms with van der Waals surface area (Å²) < 4.78 is 41.2. The first kappa shape index (κ1) is 21.4. The summed E-state index contributed by atoms with van der Waals surface area (Å²) in [4.78, 5) is 11.1. The lowest BCUT2D eigenvalue weighted by atomic mass is 10.0. The van der Waals surface area contributed by atoms with Gasteiger partial charge in [-0.05, 0) is 32.9 Å². The van der Waals surface area contributed by atoms with Crippen LogP contribution in [0.25, 0.3) is 11.0 Å². The van der Waals surface area contributed by atoms with Gasteiger partial charge < -0.3 is 19.9 Å². The van der Waals surface area contributed by atoms with Gasteiger partial charge in [0.1, 0.15) is 11.8 Å². The van der Waals surface area contributed by atoms with E-state index >= 15 is 0 Å². The van der Waals surface area contributed by atoms with Gasteiger partial charge in [-0.25, -0.2) is 17.8 Å². The fourth-order valence-corrected chi connectivity index (χ4v) is 5.36. The van der Waals surface area contributed by atoms with E-state index in [-0.39, 0.29) is 19.1 Å². The fourth-order valence-electron chi connectivity index (χ4n) is 4.51. The summed E-state index contributed by atoms with van der Waals surface area (Å²) in [6.07, 6.45) is 2.10. The molecular formula is C19H29FN6O3S. The molecule has 0 aliphatic carbocycles. The predicted molar refractivity (Wildman–Crippen MR) is 113 cm³/mol. The standard InChI is InChI=1S/C19H29FN6O3S/c1-12-8-13-9-21-19(22-15-4-7-25(10-14(15)20)30(3,28)29)23-18(13)26(12)16-5-6-24(2)11-17(16)27/h8-9,14-17,27H,4-7,10-11H2,1-3H3,(H,21,22,23)/t14-,15-,16+,17-/m1/s1. The summed E-state index contributed by atoms with van der Waals surface area (Å²) in [5, 5.41) is 14.5. The molecule has 4 atom stereocenters. The molecule has 2 aromatic heterocycles. The molecule has 0 spiro atoms. The van der Waals surface area contributed by atoms with Crippen molar-refractivity contribution in [2.45, 2.75) is 44.1 Å². The van der Waals surface area contributed by atoms with E-state index in [4.69, 9.17) is 0 Å². The molecule has 0 unspecified atom stereocenters. The molecule has 0 amide bonds. The second-order valence-corrected chi connectivity index (χ2v) is 10.5. The summed E-state index contributed by atoms with van der Waals surface area (Å²) in [6, 6.07) is 1.36. The van der Waals surface area contributed by atoms with E-state index in [1.165, 1.54) is 0 Å². The number of nitrogens with one attached hydrogen (secondary N) is 1. The Morgan fingerprint density at radius 3 is 2.70 bits per heavy atom. The number of alkyl halides is 1. The largest absolute Gasteiger partial charge is 0.390 e. The molecule has 2 aromatic rings. The van der Waals surface area contributed by atoms with Crippen LogP contribution in [0, 0.1) is 6.92 Å². The maximum atomic E-state index is 14.6. The average molecular weight is 441 g/mol. The SMILES string of the molecule is Cc1cc2cnc(N[C@@H]3CCN(S(C)(=O)=O)C[C@H]3F)nc2n1[C@H]1CCN(C)C[C@H]1O. The highest BCUT2D eigenvalue weighted by molar-refractivity contribution is 7.88. The molecule has 2 aliphatic heterocycles. The molecule has 11 heteroatoms. The van der Waals surface area contributed by atoms with E-state index in [0.717, 1.165) is 34.6 Å². The van der Waals surface area contributed by atoms with Crippen molar-refractivity contribution in [2.75, 3.05) is 44.8 Å². The lowest BCUT2D eigenvalue weighted by Crippen LogP contribution is -2.49. The number of nitrogens with zero attached hydrogens (tertiary/aromatic N) is 5. The fraction of sp³-hybridized carbons (Fsp3) is 0.684. The number of aliphatic hydroxyl groups excluding tert-OH is 1. The summed E-state index contributed by atoms with van der Waals surface area (Å²) in [7, 11) is -1.41. The first-order valence-electron chi connectivity index (χ1n) is 10.2. The lowest BCUT2D eigenvalue weighted by Gasteiger charge is -2.35. The number of hydrogen-bond donors (Lipinski definition) is 2. The molecule has 2 saturated heterocycles. The van der Waals surface area contributed by atoms with Crippen LogP contribution in [0.4, 0.5) is 10.3 Å². The number of halogens is 1. The summed E-state index contributed by atoms with van der Waals surface area (Å²) in [5.74, 6) is 0.310. The van der Waals surface area contributed by atoms with Crippen molar-refractivity contribution >= 4 is 27.0 Å². The third-order valence-corrected chi connectivity index (χ3v) is 7.41. The number of rotatable bonds is 4. The Bertz CT molecular complexity index is 1030. The second kappa shape index (κ2) is 8.03. The highest BCUT2D eigenvalue weighted by atomic mass is 32.2. The minimum atomic E-state index is -3.40. The Hall–Kier alpha value is -1.82. The quantitative estimate of drug-likeness (QED) is 0.723. The number of hydrogen-bond acceptors (Lipinski definition) is 7. The van der Waals surface area contributed by atoms with Gasteiger partial charge >= 0.3 is 0 Å². The number of piperidine rings is 2. The molecule has 0 aromatic carbocycles. The average Bonchev–Trinajstić information content (AvgIpc) is 2.98. The van der Waals surface area contributed by atoms with E-state index in [1.807, 2.05) is 20.0 Å². The molecular weight excluding hydrogens is 411 g/mol. The van der Waals surface area contributed by atoms with Crippen molar-refractivity contribution in [1.29, 1.82) is 0 Å². The number of β-amino-alcohol motifs (C(OH)–C–C–N with tert-alkyl or cyclic N) is 1. The molecule has 0 radical (unpaired) electrons. The maximum Gasteiger partial charge on any atom is 0.224 e. The zero-order chi connectivity index (χ0) is 21.6. The van der Waals surface area contributed by atoms with Crippen molar-refractivity contribution in [3.63, 3.8) is 0 Å². The molecule has 9 nitrogen and oxygen atoms in total. The number of sulfonamides is 1. The van der Waals surface area contributed by atoms with Crippen LogP contribution in [-0.2, 0) is 10.0 Å².